The lowest BCUT2D eigenvalue weighted by Gasteiger charge is -2.46. The molecule has 108 valence electrons. The summed E-state index contributed by atoms with van der Waals surface area (Å²) in [7, 11) is 2.05. The molecule has 2 unspecified atom stereocenters. The first-order valence-corrected chi connectivity index (χ1v) is 7.46. The predicted octanol–water partition coefficient (Wildman–Crippen LogP) is 2.08. The van der Waals surface area contributed by atoms with Crippen molar-refractivity contribution in [1.82, 2.24) is 20.0 Å². The molecule has 1 N–H and O–H groups in total. The Morgan fingerprint density at radius 1 is 1.47 bits per heavy atom. The van der Waals surface area contributed by atoms with Crippen LogP contribution in [0.4, 0.5) is 0 Å². The molecule has 0 radical (unpaired) electrons. The fraction of sp³-hybridized carbons (Fsp3) is 0.800. The zero-order valence-corrected chi connectivity index (χ0v) is 13.0. The summed E-state index contributed by atoms with van der Waals surface area (Å²) in [5.74, 6) is 0. The minimum absolute atomic E-state index is 0.249. The normalized spacial score (nSPS) is 28.8. The van der Waals surface area contributed by atoms with E-state index < -0.39 is 0 Å². The molecule has 19 heavy (non-hydrogen) atoms. The van der Waals surface area contributed by atoms with E-state index >= 15 is 0 Å². The summed E-state index contributed by atoms with van der Waals surface area (Å²) in [6.07, 6.45) is 2.37. The molecule has 0 saturated carbocycles. The Balaban J connectivity index is 2.12. The van der Waals surface area contributed by atoms with Gasteiger partial charge in [0.1, 0.15) is 0 Å². The fourth-order valence-electron chi connectivity index (χ4n) is 2.97. The highest BCUT2D eigenvalue weighted by Gasteiger charge is 2.33. The van der Waals surface area contributed by atoms with E-state index in [9.17, 15) is 0 Å². The van der Waals surface area contributed by atoms with Crippen LogP contribution in [0.5, 0.6) is 0 Å². The number of nitrogens with zero attached hydrogens (tertiary/aromatic N) is 3. The van der Waals surface area contributed by atoms with Crippen LogP contribution in [-0.4, -0.2) is 39.4 Å². The second kappa shape index (κ2) is 5.63. The first-order valence-electron chi connectivity index (χ1n) is 7.46. The van der Waals surface area contributed by atoms with Gasteiger partial charge in [0.25, 0.3) is 0 Å². The van der Waals surface area contributed by atoms with Crippen molar-refractivity contribution < 1.29 is 0 Å². The maximum atomic E-state index is 4.46. The van der Waals surface area contributed by atoms with Crippen LogP contribution < -0.4 is 5.32 Å². The lowest BCUT2D eigenvalue weighted by atomic mass is 9.92. The third kappa shape index (κ3) is 3.18. The molecule has 0 bridgehead atoms. The van der Waals surface area contributed by atoms with Crippen molar-refractivity contribution in [2.45, 2.75) is 58.7 Å². The summed E-state index contributed by atoms with van der Waals surface area (Å²) in [5, 5.41) is 8.18. The number of aromatic nitrogens is 2. The topological polar surface area (TPSA) is 33.1 Å². The number of rotatable bonds is 4. The second-order valence-electron chi connectivity index (χ2n) is 6.16. The molecule has 0 spiro atoms. The van der Waals surface area contributed by atoms with Crippen LogP contribution in [0.3, 0.4) is 0 Å². The molecule has 4 heteroatoms. The number of piperazine rings is 1. The third-order valence-electron chi connectivity index (χ3n) is 4.55. The molecule has 2 rings (SSSR count). The predicted molar refractivity (Wildman–Crippen MR) is 79.1 cm³/mol. The van der Waals surface area contributed by atoms with Gasteiger partial charge in [-0.05, 0) is 32.8 Å². The van der Waals surface area contributed by atoms with Crippen LogP contribution in [0.25, 0.3) is 0 Å². The Bertz CT molecular complexity index is 426. The van der Waals surface area contributed by atoms with Crippen molar-refractivity contribution in [3.8, 4) is 0 Å². The molecule has 4 nitrogen and oxygen atoms in total. The van der Waals surface area contributed by atoms with Crippen LogP contribution in [0.1, 0.15) is 45.0 Å². The van der Waals surface area contributed by atoms with Crippen LogP contribution in [0, 0.1) is 6.92 Å². The highest BCUT2D eigenvalue weighted by Crippen LogP contribution is 2.22. The van der Waals surface area contributed by atoms with E-state index in [4.69, 9.17) is 0 Å². The minimum Gasteiger partial charge on any atom is -0.309 e. The van der Waals surface area contributed by atoms with Gasteiger partial charge >= 0.3 is 0 Å². The summed E-state index contributed by atoms with van der Waals surface area (Å²) in [5.41, 5.74) is 2.68. The smallest absolute Gasteiger partial charge is 0.0597 e. The standard InChI is InChI=1S/C15H28N4/c1-6-13-9-16-15(4,7-2)11-19(13)10-14-8-12(3)17-18(14)5/h8,13,16H,6-7,9-11H2,1-5H3. The second-order valence-corrected chi connectivity index (χ2v) is 6.16. The first-order chi connectivity index (χ1) is 8.97. The Hall–Kier alpha value is -0.870. The van der Waals surface area contributed by atoms with E-state index in [1.165, 1.54) is 18.5 Å². The highest BCUT2D eigenvalue weighted by atomic mass is 15.3. The monoisotopic (exact) mass is 264 g/mol. The van der Waals surface area contributed by atoms with Gasteiger partial charge in [-0.1, -0.05) is 13.8 Å². The molecule has 1 aromatic rings. The van der Waals surface area contributed by atoms with Crippen LogP contribution in [0.15, 0.2) is 6.07 Å². The van der Waals surface area contributed by atoms with Gasteiger partial charge in [0.2, 0.25) is 0 Å². The molecule has 0 aromatic carbocycles. The molecule has 1 saturated heterocycles. The van der Waals surface area contributed by atoms with Gasteiger partial charge in [0.15, 0.2) is 0 Å². The molecule has 1 fully saturated rings. The average molecular weight is 264 g/mol. The Morgan fingerprint density at radius 3 is 2.74 bits per heavy atom. The number of hydrogen-bond donors (Lipinski definition) is 1. The third-order valence-corrected chi connectivity index (χ3v) is 4.55. The molecule has 1 aromatic heterocycles. The highest BCUT2D eigenvalue weighted by molar-refractivity contribution is 5.09. The molecule has 2 atom stereocenters. The van der Waals surface area contributed by atoms with E-state index in [1.807, 2.05) is 11.7 Å². The number of nitrogens with one attached hydrogen (secondary N) is 1. The van der Waals surface area contributed by atoms with Gasteiger partial charge in [0, 0.05) is 38.3 Å². The van der Waals surface area contributed by atoms with E-state index in [0.29, 0.717) is 6.04 Å². The van der Waals surface area contributed by atoms with Gasteiger partial charge < -0.3 is 5.32 Å². The van der Waals surface area contributed by atoms with E-state index in [2.05, 4.69) is 49.1 Å². The number of aryl methyl sites for hydroxylation is 2. The van der Waals surface area contributed by atoms with Crippen LogP contribution in [-0.2, 0) is 13.6 Å². The van der Waals surface area contributed by atoms with Gasteiger partial charge in [-0.3, -0.25) is 9.58 Å². The Labute approximate surface area is 117 Å². The van der Waals surface area contributed by atoms with Crippen LogP contribution >= 0.6 is 0 Å². The molecule has 1 aliphatic heterocycles. The SMILES string of the molecule is CCC1CNC(C)(CC)CN1Cc1cc(C)nn1C. The van der Waals surface area contributed by atoms with Crippen molar-refractivity contribution in [1.29, 1.82) is 0 Å². The lowest BCUT2D eigenvalue weighted by molar-refractivity contribution is 0.0734. The van der Waals surface area contributed by atoms with Gasteiger partial charge in [-0.25, -0.2) is 0 Å². The van der Waals surface area contributed by atoms with Crippen molar-refractivity contribution in [3.63, 3.8) is 0 Å². The lowest BCUT2D eigenvalue weighted by Crippen LogP contribution is -2.62. The summed E-state index contributed by atoms with van der Waals surface area (Å²) >= 11 is 0. The minimum atomic E-state index is 0.249. The van der Waals surface area contributed by atoms with Crippen LogP contribution in [0.2, 0.25) is 0 Å². The van der Waals surface area contributed by atoms with Gasteiger partial charge in [-0.2, -0.15) is 5.10 Å². The van der Waals surface area contributed by atoms with Crippen molar-refractivity contribution >= 4 is 0 Å². The summed E-state index contributed by atoms with van der Waals surface area (Å²) in [6.45, 7) is 12.2. The van der Waals surface area contributed by atoms with Crippen molar-refractivity contribution in [2.24, 2.45) is 7.05 Å². The van der Waals surface area contributed by atoms with Gasteiger partial charge in [0.05, 0.1) is 11.4 Å². The van der Waals surface area contributed by atoms with E-state index in [0.717, 1.165) is 25.3 Å². The first kappa shape index (κ1) is 14.5. The Kier molecular flexibility index (Phi) is 4.31. The van der Waals surface area contributed by atoms with Crippen molar-refractivity contribution in [2.75, 3.05) is 13.1 Å². The van der Waals surface area contributed by atoms with Crippen molar-refractivity contribution in [3.05, 3.63) is 17.5 Å². The van der Waals surface area contributed by atoms with E-state index in [1.54, 1.807) is 0 Å². The summed E-state index contributed by atoms with van der Waals surface area (Å²) in [4.78, 5) is 2.62. The quantitative estimate of drug-likeness (QED) is 0.904. The maximum Gasteiger partial charge on any atom is 0.0597 e. The molecule has 0 amide bonds. The zero-order valence-electron chi connectivity index (χ0n) is 13.0. The molecular formula is C15H28N4. The van der Waals surface area contributed by atoms with E-state index in [-0.39, 0.29) is 5.54 Å². The fourth-order valence-corrected chi connectivity index (χ4v) is 2.97. The Morgan fingerprint density at radius 2 is 2.21 bits per heavy atom. The molecule has 1 aliphatic rings. The molecule has 2 heterocycles. The summed E-state index contributed by atoms with van der Waals surface area (Å²) < 4.78 is 2.02. The number of hydrogen-bond acceptors (Lipinski definition) is 3. The maximum absolute atomic E-state index is 4.46. The molecular weight excluding hydrogens is 236 g/mol. The molecule has 0 aliphatic carbocycles. The average Bonchev–Trinajstić information content (AvgIpc) is 2.68. The summed E-state index contributed by atoms with van der Waals surface area (Å²) in [6, 6.07) is 2.84. The largest absolute Gasteiger partial charge is 0.309 e. The zero-order chi connectivity index (χ0) is 14.0. The van der Waals surface area contributed by atoms with Gasteiger partial charge in [-0.15, -0.1) is 0 Å².